The quantitative estimate of drug-likeness (QED) is 0.462. The zero-order chi connectivity index (χ0) is 28.6. The minimum absolute atomic E-state index is 0.0310. The van der Waals surface area contributed by atoms with E-state index in [1.807, 2.05) is 6.07 Å². The van der Waals surface area contributed by atoms with Crippen LogP contribution < -0.4 is 10.6 Å². The lowest BCUT2D eigenvalue weighted by molar-refractivity contribution is -0.136. The van der Waals surface area contributed by atoms with E-state index in [1.54, 1.807) is 25.1 Å². The minimum Gasteiger partial charge on any atom is -0.380 e. The van der Waals surface area contributed by atoms with E-state index in [4.69, 9.17) is 0 Å². The van der Waals surface area contributed by atoms with Crippen LogP contribution in [0.1, 0.15) is 64.4 Å². The number of likely N-dealkylation sites (tertiary alicyclic amines) is 1. The topological polar surface area (TPSA) is 133 Å². The van der Waals surface area contributed by atoms with Crippen LogP contribution in [0.15, 0.2) is 36.4 Å². The second-order valence-corrected chi connectivity index (χ2v) is 13.0. The lowest BCUT2D eigenvalue weighted by Gasteiger charge is -2.31. The molecule has 5 rings (SSSR count). The molecule has 0 spiro atoms. The Morgan fingerprint density at radius 3 is 2.45 bits per heavy atom. The third-order valence-corrected chi connectivity index (χ3v) is 10.2. The molecular formula is C28H31FN4O6S. The molecule has 0 aliphatic carbocycles. The van der Waals surface area contributed by atoms with Gasteiger partial charge in [0.1, 0.15) is 11.9 Å². The van der Waals surface area contributed by atoms with Crippen molar-refractivity contribution in [2.24, 2.45) is 0 Å². The molecule has 212 valence electrons. The molecule has 0 radical (unpaired) electrons. The summed E-state index contributed by atoms with van der Waals surface area (Å²) >= 11 is 0. The third-order valence-electron chi connectivity index (χ3n) is 7.91. The number of fused-ring (bicyclic) bond motifs is 1. The van der Waals surface area contributed by atoms with E-state index in [0.717, 1.165) is 10.5 Å². The van der Waals surface area contributed by atoms with Gasteiger partial charge in [-0.3, -0.25) is 34.3 Å². The zero-order valence-electron chi connectivity index (χ0n) is 22.1. The van der Waals surface area contributed by atoms with E-state index in [0.29, 0.717) is 43.7 Å². The predicted octanol–water partition coefficient (Wildman–Crippen LogP) is 2.24. The molecule has 0 aromatic heterocycles. The van der Waals surface area contributed by atoms with Crippen LogP contribution in [0.3, 0.4) is 0 Å². The van der Waals surface area contributed by atoms with Crippen molar-refractivity contribution in [1.82, 2.24) is 15.1 Å². The Kier molecular flexibility index (Phi) is 7.74. The number of rotatable bonds is 8. The fourth-order valence-electron chi connectivity index (χ4n) is 5.61. The Hall–Kier alpha value is -3.64. The van der Waals surface area contributed by atoms with Crippen molar-refractivity contribution in [3.8, 4) is 0 Å². The average Bonchev–Trinajstić information content (AvgIpc) is 3.18. The number of hydrogen-bond donors (Lipinski definition) is 2. The van der Waals surface area contributed by atoms with Crippen LogP contribution in [0.2, 0.25) is 0 Å². The molecule has 10 nitrogen and oxygen atoms in total. The van der Waals surface area contributed by atoms with E-state index < -0.39 is 45.3 Å². The van der Waals surface area contributed by atoms with Gasteiger partial charge >= 0.3 is 0 Å². The van der Waals surface area contributed by atoms with Crippen molar-refractivity contribution in [1.29, 1.82) is 0 Å². The Morgan fingerprint density at radius 1 is 1.02 bits per heavy atom. The van der Waals surface area contributed by atoms with Crippen molar-refractivity contribution < 1.29 is 32.0 Å². The highest BCUT2D eigenvalue weighted by Crippen LogP contribution is 2.33. The summed E-state index contributed by atoms with van der Waals surface area (Å²) in [5.74, 6) is -2.65. The first-order chi connectivity index (χ1) is 19.1. The maximum Gasteiger partial charge on any atom is 0.264 e. The van der Waals surface area contributed by atoms with Crippen molar-refractivity contribution >= 4 is 39.2 Å². The van der Waals surface area contributed by atoms with Crippen molar-refractivity contribution in [2.75, 3.05) is 24.2 Å². The molecule has 1 atom stereocenters. The number of hydrogen-bond acceptors (Lipinski definition) is 8. The first kappa shape index (κ1) is 27.9. The molecule has 2 N–H and O–H groups in total. The van der Waals surface area contributed by atoms with Gasteiger partial charge in [0.05, 0.1) is 16.4 Å². The van der Waals surface area contributed by atoms with Gasteiger partial charge in [-0.2, -0.15) is 0 Å². The van der Waals surface area contributed by atoms with E-state index in [1.165, 1.54) is 12.1 Å². The Balaban J connectivity index is 1.23. The normalized spacial score (nSPS) is 20.6. The van der Waals surface area contributed by atoms with Crippen LogP contribution in [0.5, 0.6) is 0 Å². The monoisotopic (exact) mass is 570 g/mol. The Morgan fingerprint density at radius 2 is 1.77 bits per heavy atom. The SMILES string of the molecule is CCS(=O)(=O)C1CCN(Cc2ccc(CNc3cccc4c3C(=O)N(C3CCC(=O)NC3=O)C4=O)c(F)c2)CC1. The number of nitrogens with zero attached hydrogens (tertiary/aromatic N) is 2. The summed E-state index contributed by atoms with van der Waals surface area (Å²) in [6, 6.07) is 8.61. The van der Waals surface area contributed by atoms with Crippen LogP contribution in [0, 0.1) is 5.82 Å². The van der Waals surface area contributed by atoms with Gasteiger partial charge in [0.2, 0.25) is 11.8 Å². The summed E-state index contributed by atoms with van der Waals surface area (Å²) in [6.45, 7) is 3.51. The van der Waals surface area contributed by atoms with E-state index in [9.17, 15) is 27.6 Å². The number of carbonyl (C=O) groups is 4. The van der Waals surface area contributed by atoms with Crippen LogP contribution in [-0.2, 0) is 32.5 Å². The van der Waals surface area contributed by atoms with Crippen molar-refractivity contribution in [3.05, 3.63) is 64.5 Å². The summed E-state index contributed by atoms with van der Waals surface area (Å²) in [5, 5.41) is 4.92. The second-order valence-electron chi connectivity index (χ2n) is 10.4. The van der Waals surface area contributed by atoms with Gasteiger partial charge in [-0.1, -0.05) is 25.1 Å². The average molecular weight is 571 g/mol. The molecule has 2 aromatic carbocycles. The highest BCUT2D eigenvalue weighted by Gasteiger charge is 2.45. The number of amides is 4. The molecule has 1 unspecified atom stereocenters. The Labute approximate surface area is 231 Å². The van der Waals surface area contributed by atoms with Crippen LogP contribution in [0.4, 0.5) is 10.1 Å². The third kappa shape index (κ3) is 5.37. The fourth-order valence-corrected chi connectivity index (χ4v) is 7.01. The molecule has 0 bridgehead atoms. The molecule has 2 saturated heterocycles. The molecule has 3 heterocycles. The van der Waals surface area contributed by atoms with Crippen molar-refractivity contribution in [2.45, 2.75) is 57.0 Å². The van der Waals surface area contributed by atoms with Crippen LogP contribution in [0.25, 0.3) is 0 Å². The van der Waals surface area contributed by atoms with E-state index >= 15 is 4.39 Å². The maximum atomic E-state index is 15.0. The van der Waals surface area contributed by atoms with Gasteiger partial charge in [0.15, 0.2) is 9.84 Å². The summed E-state index contributed by atoms with van der Waals surface area (Å²) in [6.07, 6.45) is 1.24. The summed E-state index contributed by atoms with van der Waals surface area (Å²) < 4.78 is 39.3. The van der Waals surface area contributed by atoms with Gasteiger partial charge in [-0.05, 0) is 56.1 Å². The summed E-state index contributed by atoms with van der Waals surface area (Å²) in [5.41, 5.74) is 1.75. The minimum atomic E-state index is -3.05. The van der Waals surface area contributed by atoms with Crippen molar-refractivity contribution in [3.63, 3.8) is 0 Å². The highest BCUT2D eigenvalue weighted by atomic mass is 32.2. The molecule has 12 heteroatoms. The maximum absolute atomic E-state index is 15.0. The number of nitrogens with one attached hydrogen (secondary N) is 2. The largest absolute Gasteiger partial charge is 0.380 e. The zero-order valence-corrected chi connectivity index (χ0v) is 22.9. The number of piperidine rings is 2. The van der Waals surface area contributed by atoms with Gasteiger partial charge in [-0.15, -0.1) is 0 Å². The van der Waals surface area contributed by atoms with Gasteiger partial charge in [0, 0.05) is 36.5 Å². The number of halogens is 1. The summed E-state index contributed by atoms with van der Waals surface area (Å²) in [7, 11) is -3.05. The molecule has 40 heavy (non-hydrogen) atoms. The highest BCUT2D eigenvalue weighted by molar-refractivity contribution is 7.92. The van der Waals surface area contributed by atoms with Crippen LogP contribution >= 0.6 is 0 Å². The molecule has 2 fully saturated rings. The van der Waals surface area contributed by atoms with Gasteiger partial charge in [0.25, 0.3) is 11.8 Å². The summed E-state index contributed by atoms with van der Waals surface area (Å²) in [4.78, 5) is 53.1. The fraction of sp³-hybridized carbons (Fsp3) is 0.429. The number of sulfone groups is 1. The number of anilines is 1. The number of carbonyl (C=O) groups excluding carboxylic acids is 4. The van der Waals surface area contributed by atoms with Crippen LogP contribution in [-0.4, -0.2) is 72.0 Å². The number of imide groups is 2. The lowest BCUT2D eigenvalue weighted by Crippen LogP contribution is -2.54. The Bertz CT molecular complexity index is 1490. The van der Waals surface area contributed by atoms with E-state index in [2.05, 4.69) is 15.5 Å². The molecule has 3 aliphatic heterocycles. The first-order valence-electron chi connectivity index (χ1n) is 13.4. The van der Waals surface area contributed by atoms with Gasteiger partial charge < -0.3 is 5.32 Å². The smallest absolute Gasteiger partial charge is 0.264 e. The van der Waals surface area contributed by atoms with Gasteiger partial charge in [-0.25, -0.2) is 12.8 Å². The molecule has 4 amide bonds. The predicted molar refractivity (Wildman–Crippen MR) is 145 cm³/mol. The molecule has 0 saturated carbocycles. The second kappa shape index (κ2) is 11.1. The molecule has 2 aromatic rings. The number of benzene rings is 2. The van der Waals surface area contributed by atoms with E-state index in [-0.39, 0.29) is 41.5 Å². The standard InChI is InChI=1S/C28H31FN4O6S/c1-2-40(38,39)19-10-12-32(13-11-19)16-17-6-7-18(21(29)14-17)15-30-22-5-3-4-20-25(22)28(37)33(27(20)36)23-8-9-24(34)31-26(23)35/h3-7,14,19,23,30H,2,8-13,15-16H2,1H3,(H,31,34,35). The molecule has 3 aliphatic rings. The molecular weight excluding hydrogens is 539 g/mol. The first-order valence-corrected chi connectivity index (χ1v) is 15.1. The lowest BCUT2D eigenvalue weighted by atomic mass is 10.0.